The Morgan fingerprint density at radius 1 is 1.27 bits per heavy atom. The largest absolute Gasteiger partial charge is 0.404 e. The molecule has 0 unspecified atom stereocenters. The van der Waals surface area contributed by atoms with Gasteiger partial charge >= 0.3 is 0 Å². The highest BCUT2D eigenvalue weighted by Gasteiger charge is 2.22. The second-order valence-electron chi connectivity index (χ2n) is 5.09. The molecule has 2 aromatic rings. The fraction of sp³-hybridized carbons (Fsp3) is 0.188. The van der Waals surface area contributed by atoms with Crippen molar-refractivity contribution < 1.29 is 4.74 Å². The summed E-state index contributed by atoms with van der Waals surface area (Å²) >= 11 is 0. The standard InChI is InChI=1S/C16H17N5O/c17-5-9(6-18)16-12-8-22-4-3-10(12)15-11(7-19)13(20)1-2-14(15)21-16/h1-2,5-7,17,19H,3-4,8,18,20H2/b9-6+,17-5?,19-7?. The van der Waals surface area contributed by atoms with Gasteiger partial charge in [0, 0.05) is 46.4 Å². The molecule has 0 saturated heterocycles. The van der Waals surface area contributed by atoms with Crippen molar-refractivity contribution in [1.29, 1.82) is 10.8 Å². The number of nitrogens with two attached hydrogens (primary N) is 2. The van der Waals surface area contributed by atoms with Gasteiger partial charge < -0.3 is 27.0 Å². The maximum atomic E-state index is 7.66. The van der Waals surface area contributed by atoms with Crippen molar-refractivity contribution in [3.8, 4) is 0 Å². The molecule has 1 aromatic heterocycles. The fourth-order valence-corrected chi connectivity index (χ4v) is 2.89. The number of allylic oxidation sites excluding steroid dienone is 1. The highest BCUT2D eigenvalue weighted by Crippen LogP contribution is 2.33. The molecular formula is C16H17N5O. The molecule has 22 heavy (non-hydrogen) atoms. The second kappa shape index (κ2) is 5.57. The number of aromatic nitrogens is 1. The summed E-state index contributed by atoms with van der Waals surface area (Å²) in [5.74, 6) is 0. The summed E-state index contributed by atoms with van der Waals surface area (Å²) in [5.41, 5.74) is 16.9. The number of nitrogen functional groups attached to an aromatic ring is 1. The van der Waals surface area contributed by atoms with Crippen LogP contribution in [-0.2, 0) is 17.8 Å². The van der Waals surface area contributed by atoms with Gasteiger partial charge in [0.15, 0.2) is 0 Å². The normalized spacial score (nSPS) is 14.6. The second-order valence-corrected chi connectivity index (χ2v) is 5.09. The van der Waals surface area contributed by atoms with Crippen LogP contribution in [0.4, 0.5) is 5.69 Å². The minimum absolute atomic E-state index is 0.422. The number of nitrogens with zero attached hydrogens (tertiary/aromatic N) is 1. The average Bonchev–Trinajstić information content (AvgIpc) is 2.56. The molecule has 6 heteroatoms. The molecule has 0 spiro atoms. The first-order chi connectivity index (χ1) is 10.7. The lowest BCUT2D eigenvalue weighted by molar-refractivity contribution is 0.111. The molecule has 2 heterocycles. The van der Waals surface area contributed by atoms with E-state index in [0.29, 0.717) is 35.7 Å². The van der Waals surface area contributed by atoms with E-state index in [1.54, 1.807) is 6.07 Å². The van der Waals surface area contributed by atoms with Crippen molar-refractivity contribution in [1.82, 2.24) is 4.98 Å². The summed E-state index contributed by atoms with van der Waals surface area (Å²) in [6.45, 7) is 1.04. The van der Waals surface area contributed by atoms with Gasteiger partial charge in [-0.2, -0.15) is 0 Å². The number of benzene rings is 1. The van der Waals surface area contributed by atoms with Crippen LogP contribution >= 0.6 is 0 Å². The molecule has 1 aliphatic heterocycles. The summed E-state index contributed by atoms with van der Waals surface area (Å²) in [6, 6.07) is 3.59. The van der Waals surface area contributed by atoms with Gasteiger partial charge in [-0.3, -0.25) is 0 Å². The number of anilines is 1. The fourth-order valence-electron chi connectivity index (χ4n) is 2.89. The third-order valence-corrected chi connectivity index (χ3v) is 3.94. The van der Waals surface area contributed by atoms with E-state index in [2.05, 4.69) is 4.98 Å². The summed E-state index contributed by atoms with van der Waals surface area (Å²) in [5, 5.41) is 16.1. The first-order valence-electron chi connectivity index (χ1n) is 6.96. The van der Waals surface area contributed by atoms with Crippen molar-refractivity contribution in [2.24, 2.45) is 5.73 Å². The molecule has 0 radical (unpaired) electrons. The Hall–Kier alpha value is -2.73. The van der Waals surface area contributed by atoms with Crippen molar-refractivity contribution in [2.45, 2.75) is 13.0 Å². The summed E-state index contributed by atoms with van der Waals surface area (Å²) in [4.78, 5) is 4.64. The zero-order chi connectivity index (χ0) is 15.7. The van der Waals surface area contributed by atoms with Gasteiger partial charge in [0.05, 0.1) is 24.4 Å². The van der Waals surface area contributed by atoms with Gasteiger partial charge in [-0.05, 0) is 24.1 Å². The zero-order valence-corrected chi connectivity index (χ0v) is 12.0. The maximum absolute atomic E-state index is 7.66. The molecule has 3 rings (SSSR count). The Labute approximate surface area is 127 Å². The summed E-state index contributed by atoms with van der Waals surface area (Å²) in [7, 11) is 0. The predicted octanol–water partition coefficient (Wildman–Crippen LogP) is 1.84. The van der Waals surface area contributed by atoms with Crippen LogP contribution in [0.5, 0.6) is 0 Å². The van der Waals surface area contributed by atoms with Crippen LogP contribution in [0.1, 0.15) is 22.4 Å². The van der Waals surface area contributed by atoms with Gasteiger partial charge in [-0.15, -0.1) is 0 Å². The Kier molecular flexibility index (Phi) is 3.60. The maximum Gasteiger partial charge on any atom is 0.0797 e. The van der Waals surface area contributed by atoms with Crippen LogP contribution in [0, 0.1) is 10.8 Å². The number of hydrogen-bond donors (Lipinski definition) is 4. The van der Waals surface area contributed by atoms with Gasteiger partial charge in [-0.1, -0.05) is 0 Å². The van der Waals surface area contributed by atoms with Gasteiger partial charge in [0.25, 0.3) is 0 Å². The number of pyridine rings is 1. The molecule has 0 aliphatic carbocycles. The first kappa shape index (κ1) is 14.2. The van der Waals surface area contributed by atoms with E-state index in [-0.39, 0.29) is 0 Å². The monoisotopic (exact) mass is 295 g/mol. The van der Waals surface area contributed by atoms with Crippen LogP contribution in [0.15, 0.2) is 18.3 Å². The smallest absolute Gasteiger partial charge is 0.0797 e. The number of ether oxygens (including phenoxy) is 1. The van der Waals surface area contributed by atoms with Crippen LogP contribution in [-0.4, -0.2) is 24.0 Å². The predicted molar refractivity (Wildman–Crippen MR) is 88.3 cm³/mol. The Bertz CT molecular complexity index is 810. The molecule has 0 fully saturated rings. The molecule has 112 valence electrons. The minimum Gasteiger partial charge on any atom is -0.404 e. The van der Waals surface area contributed by atoms with Crippen molar-refractivity contribution in [2.75, 3.05) is 12.3 Å². The molecule has 1 aromatic carbocycles. The lowest BCUT2D eigenvalue weighted by Crippen LogP contribution is -2.16. The van der Waals surface area contributed by atoms with Crippen molar-refractivity contribution >= 4 is 34.6 Å². The number of fused-ring (bicyclic) bond motifs is 3. The van der Waals surface area contributed by atoms with E-state index < -0.39 is 0 Å². The number of nitrogens with one attached hydrogen (secondary N) is 2. The van der Waals surface area contributed by atoms with E-state index in [0.717, 1.165) is 28.5 Å². The number of hydrogen-bond acceptors (Lipinski definition) is 6. The van der Waals surface area contributed by atoms with Gasteiger partial charge in [-0.25, -0.2) is 4.98 Å². The molecular weight excluding hydrogens is 278 g/mol. The highest BCUT2D eigenvalue weighted by molar-refractivity contribution is 6.10. The van der Waals surface area contributed by atoms with E-state index in [4.69, 9.17) is 27.0 Å². The SMILES string of the molecule is N=C/C(=C\N)c1nc2ccc(N)c(C=N)c2c2c1COCC2. The first-order valence-corrected chi connectivity index (χ1v) is 6.96. The topological polar surface area (TPSA) is 122 Å². The molecule has 6 N–H and O–H groups in total. The quantitative estimate of drug-likeness (QED) is 0.509. The van der Waals surface area contributed by atoms with E-state index in [9.17, 15) is 0 Å². The Morgan fingerprint density at radius 3 is 2.77 bits per heavy atom. The molecule has 6 nitrogen and oxygen atoms in total. The average molecular weight is 295 g/mol. The third-order valence-electron chi connectivity index (χ3n) is 3.94. The van der Waals surface area contributed by atoms with E-state index in [1.807, 2.05) is 6.07 Å². The molecule has 0 atom stereocenters. The Balaban J connectivity index is 2.45. The lowest BCUT2D eigenvalue weighted by atomic mass is 9.91. The van der Waals surface area contributed by atoms with Gasteiger partial charge in [0.2, 0.25) is 0 Å². The molecule has 0 saturated carbocycles. The van der Waals surface area contributed by atoms with E-state index in [1.165, 1.54) is 18.6 Å². The van der Waals surface area contributed by atoms with Crippen LogP contribution in [0.2, 0.25) is 0 Å². The lowest BCUT2D eigenvalue weighted by Gasteiger charge is -2.23. The van der Waals surface area contributed by atoms with Crippen molar-refractivity contribution in [3.63, 3.8) is 0 Å². The van der Waals surface area contributed by atoms with Crippen LogP contribution in [0.25, 0.3) is 16.5 Å². The minimum atomic E-state index is 0.422. The van der Waals surface area contributed by atoms with E-state index >= 15 is 0 Å². The zero-order valence-electron chi connectivity index (χ0n) is 12.0. The molecule has 1 aliphatic rings. The number of rotatable bonds is 3. The Morgan fingerprint density at radius 2 is 2.09 bits per heavy atom. The molecule has 0 amide bonds. The highest BCUT2D eigenvalue weighted by atomic mass is 16.5. The van der Waals surface area contributed by atoms with Crippen molar-refractivity contribution in [3.05, 3.63) is 40.7 Å². The van der Waals surface area contributed by atoms with Gasteiger partial charge in [0.1, 0.15) is 0 Å². The summed E-state index contributed by atoms with van der Waals surface area (Å²) in [6.07, 6.45) is 4.56. The van der Waals surface area contributed by atoms with Crippen LogP contribution < -0.4 is 11.5 Å². The summed E-state index contributed by atoms with van der Waals surface area (Å²) < 4.78 is 5.56. The molecule has 0 bridgehead atoms. The third kappa shape index (κ3) is 2.05. The van der Waals surface area contributed by atoms with Crippen LogP contribution in [0.3, 0.4) is 0 Å².